The summed E-state index contributed by atoms with van der Waals surface area (Å²) in [4.78, 5) is 13.7. The van der Waals surface area contributed by atoms with E-state index in [1.54, 1.807) is 4.90 Å². The van der Waals surface area contributed by atoms with Crippen molar-refractivity contribution in [2.75, 3.05) is 18.5 Å². The number of nitrogens with zero attached hydrogens (tertiary/aromatic N) is 1. The van der Waals surface area contributed by atoms with Gasteiger partial charge < -0.3 is 10.6 Å². The summed E-state index contributed by atoms with van der Waals surface area (Å²) in [5.41, 5.74) is 10.1. The third-order valence-electron chi connectivity index (χ3n) is 3.36. The van der Waals surface area contributed by atoms with Crippen LogP contribution in [0.1, 0.15) is 29.5 Å². The second-order valence-electron chi connectivity index (χ2n) is 4.50. The number of amides is 1. The van der Waals surface area contributed by atoms with Crippen molar-refractivity contribution in [2.24, 2.45) is 5.73 Å². The van der Waals surface area contributed by atoms with Crippen LogP contribution in [0.15, 0.2) is 12.1 Å². The molecule has 0 atom stereocenters. The third-order valence-corrected chi connectivity index (χ3v) is 3.36. The van der Waals surface area contributed by atoms with Crippen LogP contribution in [0.4, 0.5) is 5.69 Å². The van der Waals surface area contributed by atoms with E-state index in [9.17, 15) is 4.79 Å². The molecule has 0 bridgehead atoms. The Morgan fingerprint density at radius 3 is 2.47 bits per heavy atom. The van der Waals surface area contributed by atoms with E-state index in [2.05, 4.69) is 26.8 Å². The van der Waals surface area contributed by atoms with Gasteiger partial charge in [0.05, 0.1) is 0 Å². The molecule has 17 heavy (non-hydrogen) atoms. The molecular weight excluding hydrogens is 212 g/mol. The first-order valence-electron chi connectivity index (χ1n) is 6.02. The largest absolute Gasteiger partial charge is 0.330 e. The summed E-state index contributed by atoms with van der Waals surface area (Å²) < 4.78 is 0. The van der Waals surface area contributed by atoms with Gasteiger partial charge in [0.15, 0.2) is 0 Å². The Balaban J connectivity index is 2.93. The maximum absolute atomic E-state index is 11.9. The Bertz CT molecular complexity index is 413. The van der Waals surface area contributed by atoms with Gasteiger partial charge >= 0.3 is 0 Å². The first-order chi connectivity index (χ1) is 7.99. The smallest absolute Gasteiger partial charge is 0.226 e. The zero-order chi connectivity index (χ0) is 13.0. The number of benzene rings is 1. The van der Waals surface area contributed by atoms with Gasteiger partial charge in [-0.1, -0.05) is 6.07 Å². The molecule has 0 aliphatic heterocycles. The van der Waals surface area contributed by atoms with E-state index in [1.165, 1.54) is 16.7 Å². The number of rotatable bonds is 4. The Morgan fingerprint density at radius 1 is 1.24 bits per heavy atom. The van der Waals surface area contributed by atoms with Crippen molar-refractivity contribution in [3.63, 3.8) is 0 Å². The minimum absolute atomic E-state index is 0.127. The lowest BCUT2D eigenvalue weighted by Gasteiger charge is -2.21. The Kier molecular flexibility index (Phi) is 4.70. The topological polar surface area (TPSA) is 46.3 Å². The number of hydrogen-bond acceptors (Lipinski definition) is 2. The highest BCUT2D eigenvalue weighted by Gasteiger charge is 2.13. The summed E-state index contributed by atoms with van der Waals surface area (Å²) in [5.74, 6) is 0.127. The van der Waals surface area contributed by atoms with E-state index in [-0.39, 0.29) is 5.91 Å². The number of carbonyl (C=O) groups excluding carboxylic acids is 1. The molecule has 0 aliphatic carbocycles. The quantitative estimate of drug-likeness (QED) is 0.869. The van der Waals surface area contributed by atoms with Crippen molar-refractivity contribution in [1.82, 2.24) is 0 Å². The highest BCUT2D eigenvalue weighted by Crippen LogP contribution is 2.24. The highest BCUT2D eigenvalue weighted by molar-refractivity contribution is 5.93. The number of nitrogens with two attached hydrogens (primary N) is 1. The molecule has 0 saturated heterocycles. The fourth-order valence-electron chi connectivity index (χ4n) is 1.86. The summed E-state index contributed by atoms with van der Waals surface area (Å²) in [6.07, 6.45) is 1.26. The number of aryl methyl sites for hydroxylation is 1. The number of hydrogen-bond donors (Lipinski definition) is 1. The van der Waals surface area contributed by atoms with Crippen LogP contribution in [0, 0.1) is 20.8 Å². The predicted molar refractivity (Wildman–Crippen MR) is 72.4 cm³/mol. The summed E-state index contributed by atoms with van der Waals surface area (Å²) in [6, 6.07) is 4.07. The molecule has 0 saturated carbocycles. The predicted octanol–water partition coefficient (Wildman–Crippen LogP) is 2.31. The minimum Gasteiger partial charge on any atom is -0.330 e. The first kappa shape index (κ1) is 13.7. The molecule has 1 aromatic carbocycles. The van der Waals surface area contributed by atoms with Crippen LogP contribution in [0.25, 0.3) is 0 Å². The van der Waals surface area contributed by atoms with Gasteiger partial charge in [0.2, 0.25) is 5.91 Å². The fraction of sp³-hybridized carbons (Fsp3) is 0.500. The van der Waals surface area contributed by atoms with Crippen LogP contribution >= 0.6 is 0 Å². The van der Waals surface area contributed by atoms with E-state index >= 15 is 0 Å². The maximum Gasteiger partial charge on any atom is 0.226 e. The van der Waals surface area contributed by atoms with Crippen LogP contribution in [0.5, 0.6) is 0 Å². The molecule has 0 heterocycles. The van der Waals surface area contributed by atoms with Crippen LogP contribution in [-0.4, -0.2) is 19.5 Å². The van der Waals surface area contributed by atoms with Gasteiger partial charge in [0.25, 0.3) is 0 Å². The van der Waals surface area contributed by atoms with Crippen LogP contribution in [0.3, 0.4) is 0 Å². The van der Waals surface area contributed by atoms with Crippen molar-refractivity contribution in [2.45, 2.75) is 33.6 Å². The average Bonchev–Trinajstić information content (AvgIpc) is 2.32. The Hall–Kier alpha value is -1.35. The van der Waals surface area contributed by atoms with Crippen molar-refractivity contribution >= 4 is 11.6 Å². The molecule has 1 amide bonds. The Morgan fingerprint density at radius 2 is 1.88 bits per heavy atom. The zero-order valence-electron chi connectivity index (χ0n) is 11.2. The van der Waals surface area contributed by atoms with Gasteiger partial charge in [-0.25, -0.2) is 0 Å². The van der Waals surface area contributed by atoms with Crippen molar-refractivity contribution in [1.29, 1.82) is 0 Å². The molecular formula is C14H22N2O. The molecule has 0 aromatic heterocycles. The standard InChI is InChI=1S/C14H22N2O/c1-10-7-8-13(12(3)11(10)2)16(4)14(17)6-5-9-15/h7-8H,5-6,9,15H2,1-4H3. The molecule has 1 rings (SSSR count). The molecule has 3 heteroatoms. The van der Waals surface area contributed by atoms with Crippen molar-refractivity contribution in [3.05, 3.63) is 28.8 Å². The van der Waals surface area contributed by atoms with E-state index in [1.807, 2.05) is 13.1 Å². The van der Waals surface area contributed by atoms with Gasteiger partial charge in [0, 0.05) is 19.2 Å². The molecule has 1 aromatic rings. The highest BCUT2D eigenvalue weighted by atomic mass is 16.2. The molecule has 94 valence electrons. The zero-order valence-corrected chi connectivity index (χ0v) is 11.2. The first-order valence-corrected chi connectivity index (χ1v) is 6.02. The molecule has 0 fully saturated rings. The minimum atomic E-state index is 0.127. The van der Waals surface area contributed by atoms with Crippen LogP contribution in [0.2, 0.25) is 0 Å². The number of anilines is 1. The fourth-order valence-corrected chi connectivity index (χ4v) is 1.86. The van der Waals surface area contributed by atoms with E-state index in [0.717, 1.165) is 12.1 Å². The monoisotopic (exact) mass is 234 g/mol. The molecule has 0 unspecified atom stereocenters. The molecule has 0 aliphatic rings. The van der Waals surface area contributed by atoms with Gasteiger partial charge in [0.1, 0.15) is 0 Å². The van der Waals surface area contributed by atoms with E-state index in [4.69, 9.17) is 5.73 Å². The SMILES string of the molecule is Cc1ccc(N(C)C(=O)CCCN)c(C)c1C. The lowest BCUT2D eigenvalue weighted by Crippen LogP contribution is -2.27. The number of carbonyl (C=O) groups is 1. The summed E-state index contributed by atoms with van der Waals surface area (Å²) in [5, 5.41) is 0. The third kappa shape index (κ3) is 3.07. The average molecular weight is 234 g/mol. The Labute approximate surface area is 104 Å². The van der Waals surface area contributed by atoms with Gasteiger partial charge in [-0.2, -0.15) is 0 Å². The summed E-state index contributed by atoms with van der Waals surface area (Å²) >= 11 is 0. The van der Waals surface area contributed by atoms with Crippen LogP contribution < -0.4 is 10.6 Å². The molecule has 3 nitrogen and oxygen atoms in total. The van der Waals surface area contributed by atoms with E-state index < -0.39 is 0 Å². The van der Waals surface area contributed by atoms with Gasteiger partial charge in [-0.3, -0.25) is 4.79 Å². The molecule has 0 spiro atoms. The second-order valence-corrected chi connectivity index (χ2v) is 4.50. The summed E-state index contributed by atoms with van der Waals surface area (Å²) in [6.45, 7) is 6.80. The van der Waals surface area contributed by atoms with Gasteiger partial charge in [-0.05, 0) is 56.5 Å². The van der Waals surface area contributed by atoms with Crippen molar-refractivity contribution in [3.8, 4) is 0 Å². The lowest BCUT2D eigenvalue weighted by atomic mass is 10.0. The van der Waals surface area contributed by atoms with Gasteiger partial charge in [-0.15, -0.1) is 0 Å². The lowest BCUT2D eigenvalue weighted by molar-refractivity contribution is -0.118. The normalized spacial score (nSPS) is 10.4. The summed E-state index contributed by atoms with van der Waals surface area (Å²) in [7, 11) is 1.83. The van der Waals surface area contributed by atoms with Crippen molar-refractivity contribution < 1.29 is 4.79 Å². The van der Waals surface area contributed by atoms with Crippen LogP contribution in [-0.2, 0) is 4.79 Å². The van der Waals surface area contributed by atoms with E-state index in [0.29, 0.717) is 13.0 Å². The maximum atomic E-state index is 11.9. The molecule has 0 radical (unpaired) electrons. The second kappa shape index (κ2) is 5.82. The molecule has 2 N–H and O–H groups in total.